The van der Waals surface area contributed by atoms with E-state index in [9.17, 15) is 8.78 Å². The van der Waals surface area contributed by atoms with Gasteiger partial charge in [-0.2, -0.15) is 0 Å². The molecule has 0 aliphatic carbocycles. The van der Waals surface area contributed by atoms with Gasteiger partial charge in [0.1, 0.15) is 11.6 Å². The fourth-order valence-corrected chi connectivity index (χ4v) is 2.74. The van der Waals surface area contributed by atoms with Crippen molar-refractivity contribution in [2.75, 3.05) is 6.54 Å². The number of rotatable bonds is 5. The van der Waals surface area contributed by atoms with Crippen LogP contribution in [0.2, 0.25) is 10.0 Å². The number of likely N-dealkylation sites (N-methyl/N-ethyl adjacent to an activating group) is 1. The van der Waals surface area contributed by atoms with Crippen molar-refractivity contribution in [2.45, 2.75) is 19.4 Å². The Morgan fingerprint density at radius 2 is 1.86 bits per heavy atom. The van der Waals surface area contributed by atoms with Crippen molar-refractivity contribution in [3.8, 4) is 0 Å². The Labute approximate surface area is 132 Å². The average Bonchev–Trinajstić information content (AvgIpc) is 2.44. The first-order valence-electron chi connectivity index (χ1n) is 6.64. The molecule has 1 unspecified atom stereocenters. The molecule has 0 saturated carbocycles. The topological polar surface area (TPSA) is 12.0 Å². The van der Waals surface area contributed by atoms with Crippen molar-refractivity contribution >= 4 is 23.2 Å². The Bertz CT molecular complexity index is 611. The van der Waals surface area contributed by atoms with E-state index in [1.165, 1.54) is 24.3 Å². The maximum Gasteiger partial charge on any atom is 0.127 e. The molecule has 0 bridgehead atoms. The molecule has 0 aliphatic heterocycles. The highest BCUT2D eigenvalue weighted by atomic mass is 35.5. The third kappa shape index (κ3) is 3.94. The maximum atomic E-state index is 13.9. The van der Waals surface area contributed by atoms with Crippen molar-refractivity contribution in [1.29, 1.82) is 0 Å². The molecule has 1 nitrogen and oxygen atoms in total. The summed E-state index contributed by atoms with van der Waals surface area (Å²) in [7, 11) is 0. The van der Waals surface area contributed by atoms with Crippen LogP contribution in [0, 0.1) is 11.6 Å². The summed E-state index contributed by atoms with van der Waals surface area (Å²) in [4.78, 5) is 0. The lowest BCUT2D eigenvalue weighted by Crippen LogP contribution is -2.24. The zero-order valence-electron chi connectivity index (χ0n) is 11.5. The van der Waals surface area contributed by atoms with E-state index in [-0.39, 0.29) is 17.7 Å². The second kappa shape index (κ2) is 7.21. The van der Waals surface area contributed by atoms with Crippen LogP contribution in [-0.2, 0) is 6.42 Å². The van der Waals surface area contributed by atoms with Crippen LogP contribution in [0.25, 0.3) is 0 Å². The number of halogens is 4. The molecule has 0 fully saturated rings. The molecule has 112 valence electrons. The molecule has 0 aromatic heterocycles. The van der Waals surface area contributed by atoms with Gasteiger partial charge in [-0.25, -0.2) is 8.78 Å². The normalized spacial score (nSPS) is 12.4. The highest BCUT2D eigenvalue weighted by Gasteiger charge is 2.19. The van der Waals surface area contributed by atoms with Gasteiger partial charge in [-0.05, 0) is 48.9 Å². The summed E-state index contributed by atoms with van der Waals surface area (Å²) in [6, 6.07) is 8.40. The summed E-state index contributed by atoms with van der Waals surface area (Å²) >= 11 is 12.2. The van der Waals surface area contributed by atoms with Gasteiger partial charge in [0.15, 0.2) is 0 Å². The van der Waals surface area contributed by atoms with Gasteiger partial charge in [-0.3, -0.25) is 0 Å². The lowest BCUT2D eigenvalue weighted by atomic mass is 9.98. The van der Waals surface area contributed by atoms with Crippen molar-refractivity contribution < 1.29 is 8.78 Å². The van der Waals surface area contributed by atoms with Crippen molar-refractivity contribution in [3.05, 3.63) is 69.2 Å². The first-order chi connectivity index (χ1) is 10.0. The van der Waals surface area contributed by atoms with E-state index in [1.54, 1.807) is 12.1 Å². The van der Waals surface area contributed by atoms with Crippen LogP contribution < -0.4 is 5.32 Å². The largest absolute Gasteiger partial charge is 0.310 e. The first-order valence-corrected chi connectivity index (χ1v) is 7.39. The number of nitrogens with one attached hydrogen (secondary N) is 1. The van der Waals surface area contributed by atoms with Gasteiger partial charge in [0.25, 0.3) is 0 Å². The van der Waals surface area contributed by atoms with Gasteiger partial charge in [-0.1, -0.05) is 36.2 Å². The zero-order valence-corrected chi connectivity index (χ0v) is 13.0. The molecule has 0 amide bonds. The van der Waals surface area contributed by atoms with Gasteiger partial charge in [-0.15, -0.1) is 0 Å². The number of benzene rings is 2. The van der Waals surface area contributed by atoms with Crippen LogP contribution in [0.4, 0.5) is 8.78 Å². The van der Waals surface area contributed by atoms with E-state index in [0.717, 1.165) is 0 Å². The van der Waals surface area contributed by atoms with Gasteiger partial charge in [0.2, 0.25) is 0 Å². The standard InChI is InChI=1S/C16H15Cl2F2N/c1-2-21-16(12-8-10(19)6-7-14(12)18)9-11-13(17)4-3-5-15(11)20/h3-8,16,21H,2,9H2,1H3. The summed E-state index contributed by atoms with van der Waals surface area (Å²) in [5.41, 5.74) is 0.989. The molecule has 2 rings (SSSR count). The smallest absolute Gasteiger partial charge is 0.127 e. The maximum absolute atomic E-state index is 13.9. The summed E-state index contributed by atoms with van der Waals surface area (Å²) in [5.74, 6) is -0.755. The predicted molar refractivity (Wildman–Crippen MR) is 82.9 cm³/mol. The van der Waals surface area contributed by atoms with Gasteiger partial charge < -0.3 is 5.32 Å². The zero-order chi connectivity index (χ0) is 15.4. The lowest BCUT2D eigenvalue weighted by molar-refractivity contribution is 0.524. The molecule has 0 saturated heterocycles. The highest BCUT2D eigenvalue weighted by Crippen LogP contribution is 2.30. The summed E-state index contributed by atoms with van der Waals surface area (Å²) in [6.45, 7) is 2.56. The molecule has 21 heavy (non-hydrogen) atoms. The van der Waals surface area contributed by atoms with Crippen LogP contribution in [0.5, 0.6) is 0 Å². The van der Waals surface area contributed by atoms with Crippen LogP contribution in [0.3, 0.4) is 0 Å². The highest BCUT2D eigenvalue weighted by molar-refractivity contribution is 6.31. The molecular weight excluding hydrogens is 315 g/mol. The van der Waals surface area contributed by atoms with E-state index < -0.39 is 0 Å². The van der Waals surface area contributed by atoms with E-state index in [0.29, 0.717) is 34.1 Å². The molecule has 0 aliphatic rings. The Morgan fingerprint density at radius 3 is 2.52 bits per heavy atom. The molecule has 0 spiro atoms. The van der Waals surface area contributed by atoms with Crippen LogP contribution in [0.1, 0.15) is 24.1 Å². The molecular formula is C16H15Cl2F2N. The predicted octanol–water partition coefficient (Wildman–Crippen LogP) is 5.16. The van der Waals surface area contributed by atoms with Gasteiger partial charge in [0, 0.05) is 21.7 Å². The minimum atomic E-state index is -0.378. The van der Waals surface area contributed by atoms with E-state index in [2.05, 4.69) is 5.32 Å². The third-order valence-corrected chi connectivity index (χ3v) is 3.95. The Balaban J connectivity index is 2.38. The molecule has 0 radical (unpaired) electrons. The Hall–Kier alpha value is -1.16. The minimum Gasteiger partial charge on any atom is -0.310 e. The van der Waals surface area contributed by atoms with E-state index in [1.807, 2.05) is 6.92 Å². The number of hydrogen-bond donors (Lipinski definition) is 1. The third-order valence-electron chi connectivity index (χ3n) is 3.25. The van der Waals surface area contributed by atoms with Crippen LogP contribution in [-0.4, -0.2) is 6.54 Å². The summed E-state index contributed by atoms with van der Waals surface area (Å²) < 4.78 is 27.4. The molecule has 1 atom stereocenters. The van der Waals surface area contributed by atoms with Crippen LogP contribution in [0.15, 0.2) is 36.4 Å². The minimum absolute atomic E-state index is 0.294. The average molecular weight is 330 g/mol. The quantitative estimate of drug-likeness (QED) is 0.798. The molecule has 0 heterocycles. The molecule has 2 aromatic rings. The Morgan fingerprint density at radius 1 is 1.10 bits per heavy atom. The summed E-state index contributed by atoms with van der Waals surface area (Å²) in [6.07, 6.45) is 0.294. The van der Waals surface area contributed by atoms with Crippen LogP contribution >= 0.6 is 23.2 Å². The van der Waals surface area contributed by atoms with E-state index >= 15 is 0 Å². The van der Waals surface area contributed by atoms with Gasteiger partial charge >= 0.3 is 0 Å². The SMILES string of the molecule is CCNC(Cc1c(F)cccc1Cl)c1cc(F)ccc1Cl. The van der Waals surface area contributed by atoms with Crippen molar-refractivity contribution in [2.24, 2.45) is 0 Å². The van der Waals surface area contributed by atoms with Crippen molar-refractivity contribution in [3.63, 3.8) is 0 Å². The monoisotopic (exact) mass is 329 g/mol. The van der Waals surface area contributed by atoms with Crippen molar-refractivity contribution in [1.82, 2.24) is 5.32 Å². The molecule has 1 N–H and O–H groups in total. The number of hydrogen-bond acceptors (Lipinski definition) is 1. The molecule has 2 aromatic carbocycles. The second-order valence-corrected chi connectivity index (χ2v) is 5.49. The Kier molecular flexibility index (Phi) is 5.57. The van der Waals surface area contributed by atoms with E-state index in [4.69, 9.17) is 23.2 Å². The lowest BCUT2D eigenvalue weighted by Gasteiger charge is -2.20. The molecule has 5 heteroatoms. The summed E-state index contributed by atoms with van der Waals surface area (Å²) in [5, 5.41) is 3.99. The fourth-order valence-electron chi connectivity index (χ4n) is 2.25. The van der Waals surface area contributed by atoms with Gasteiger partial charge in [0.05, 0.1) is 0 Å². The first kappa shape index (κ1) is 16.2. The second-order valence-electron chi connectivity index (χ2n) is 4.68. The fraction of sp³-hybridized carbons (Fsp3) is 0.250.